The molecule has 1 heteroatoms. The van der Waals surface area contributed by atoms with Crippen LogP contribution in [-0.2, 0) is 4.79 Å². The Morgan fingerprint density at radius 1 is 0.812 bits per heavy atom. The second-order valence-electron chi connectivity index (χ2n) is 4.17. The number of rotatable bonds is 11. The molecule has 0 N–H and O–H groups in total. The lowest BCUT2D eigenvalue weighted by Gasteiger charge is -1.98. The van der Waals surface area contributed by atoms with Gasteiger partial charge in [0.05, 0.1) is 0 Å². The van der Waals surface area contributed by atoms with E-state index < -0.39 is 0 Å². The van der Waals surface area contributed by atoms with Crippen molar-refractivity contribution in [2.24, 2.45) is 0 Å². The maximum atomic E-state index is 10.0. The molecule has 0 heterocycles. The predicted octanol–water partition coefficient (Wildman–Crippen LogP) is 4.83. The first-order valence-electron chi connectivity index (χ1n) is 6.67. The van der Waals surface area contributed by atoms with Crippen molar-refractivity contribution in [1.82, 2.24) is 0 Å². The molecule has 0 saturated heterocycles. The molecule has 0 bridgehead atoms. The highest BCUT2D eigenvalue weighted by molar-refractivity contribution is 5.52. The van der Waals surface area contributed by atoms with Crippen molar-refractivity contribution >= 4 is 6.29 Å². The molecule has 1 nitrogen and oxygen atoms in total. The molecule has 0 fully saturated rings. The fraction of sp³-hybridized carbons (Fsp3) is 0.667. The monoisotopic (exact) mass is 222 g/mol. The molecular formula is C15H26O. The molecule has 0 aromatic heterocycles. The van der Waals surface area contributed by atoms with Gasteiger partial charge in [-0.15, -0.1) is 0 Å². The molecule has 16 heavy (non-hydrogen) atoms. The van der Waals surface area contributed by atoms with Crippen molar-refractivity contribution in [3.05, 3.63) is 24.3 Å². The largest absolute Gasteiger partial charge is 0.303 e. The maximum absolute atomic E-state index is 10.0. The third-order valence-electron chi connectivity index (χ3n) is 2.59. The fourth-order valence-corrected chi connectivity index (χ4v) is 1.61. The van der Waals surface area contributed by atoms with Crippen LogP contribution in [0.5, 0.6) is 0 Å². The van der Waals surface area contributed by atoms with Crippen LogP contribution >= 0.6 is 0 Å². The topological polar surface area (TPSA) is 17.1 Å². The average Bonchev–Trinajstić information content (AvgIpc) is 2.31. The highest BCUT2D eigenvalue weighted by Crippen LogP contribution is 2.08. The summed E-state index contributed by atoms with van der Waals surface area (Å²) >= 11 is 0. The molecule has 92 valence electrons. The Bertz CT molecular complexity index is 192. The highest BCUT2D eigenvalue weighted by atomic mass is 16.1. The molecule has 0 rings (SSSR count). The van der Waals surface area contributed by atoms with E-state index in [1.165, 1.54) is 51.4 Å². The van der Waals surface area contributed by atoms with Crippen molar-refractivity contribution < 1.29 is 4.79 Å². The van der Waals surface area contributed by atoms with E-state index in [1.807, 2.05) is 18.2 Å². The number of unbranched alkanes of at least 4 members (excludes halogenated alkanes) is 7. The second-order valence-corrected chi connectivity index (χ2v) is 4.17. The highest BCUT2D eigenvalue weighted by Gasteiger charge is 1.88. The molecule has 0 aliphatic rings. The molecule has 0 aromatic carbocycles. The van der Waals surface area contributed by atoms with Gasteiger partial charge in [-0.3, -0.25) is 0 Å². The predicted molar refractivity (Wildman–Crippen MR) is 71.6 cm³/mol. The Morgan fingerprint density at radius 3 is 2.12 bits per heavy atom. The van der Waals surface area contributed by atoms with Gasteiger partial charge in [-0.05, 0) is 12.8 Å². The first-order valence-corrected chi connectivity index (χ1v) is 6.67. The minimum Gasteiger partial charge on any atom is -0.303 e. The second kappa shape index (κ2) is 14.2. The fourth-order valence-electron chi connectivity index (χ4n) is 1.61. The van der Waals surface area contributed by atoms with Crippen LogP contribution in [0.15, 0.2) is 24.3 Å². The number of aldehydes is 1. The van der Waals surface area contributed by atoms with Gasteiger partial charge in [0.1, 0.15) is 6.29 Å². The van der Waals surface area contributed by atoms with Crippen molar-refractivity contribution in [2.45, 2.75) is 64.7 Å². The van der Waals surface area contributed by atoms with Gasteiger partial charge in [0, 0.05) is 6.42 Å². The van der Waals surface area contributed by atoms with Crippen molar-refractivity contribution in [3.63, 3.8) is 0 Å². The molecule has 0 unspecified atom stereocenters. The van der Waals surface area contributed by atoms with Gasteiger partial charge >= 0.3 is 0 Å². The Hall–Kier alpha value is -0.850. The minimum absolute atomic E-state index is 0.530. The van der Waals surface area contributed by atoms with Crippen LogP contribution in [0.1, 0.15) is 64.7 Å². The van der Waals surface area contributed by atoms with E-state index in [9.17, 15) is 4.79 Å². The first-order chi connectivity index (χ1) is 7.91. The quantitative estimate of drug-likeness (QED) is 0.278. The third kappa shape index (κ3) is 13.2. The zero-order valence-electron chi connectivity index (χ0n) is 10.7. The zero-order valence-corrected chi connectivity index (χ0v) is 10.7. The van der Waals surface area contributed by atoms with Crippen LogP contribution in [0.3, 0.4) is 0 Å². The summed E-state index contributed by atoms with van der Waals surface area (Å²) in [6, 6.07) is 0. The molecule has 0 spiro atoms. The van der Waals surface area contributed by atoms with E-state index in [-0.39, 0.29) is 0 Å². The molecule has 0 aliphatic heterocycles. The maximum Gasteiger partial charge on any atom is 0.123 e. The lowest BCUT2D eigenvalue weighted by Crippen LogP contribution is -1.78. The molecule has 0 radical (unpaired) electrons. The third-order valence-corrected chi connectivity index (χ3v) is 2.59. The van der Waals surface area contributed by atoms with E-state index in [0.29, 0.717) is 6.42 Å². The smallest absolute Gasteiger partial charge is 0.123 e. The Labute approximate surface area is 101 Å². The van der Waals surface area contributed by atoms with Gasteiger partial charge in [-0.25, -0.2) is 0 Å². The molecule has 0 aliphatic carbocycles. The normalized spacial score (nSPS) is 11.6. The van der Waals surface area contributed by atoms with Crippen molar-refractivity contribution in [3.8, 4) is 0 Å². The summed E-state index contributed by atoms with van der Waals surface area (Å²) in [4.78, 5) is 10.0. The molecule has 0 atom stereocenters. The average molecular weight is 222 g/mol. The Balaban J connectivity index is 3.11. The summed E-state index contributed by atoms with van der Waals surface area (Å²) in [5.41, 5.74) is 0. The minimum atomic E-state index is 0.530. The molecule has 0 amide bonds. The number of carbonyl (C=O) groups excluding carboxylic acids is 1. The van der Waals surface area contributed by atoms with Crippen LogP contribution in [0.4, 0.5) is 0 Å². The van der Waals surface area contributed by atoms with Gasteiger partial charge in [0.15, 0.2) is 0 Å². The van der Waals surface area contributed by atoms with Gasteiger partial charge in [-0.1, -0.05) is 69.8 Å². The lowest BCUT2D eigenvalue weighted by atomic mass is 10.1. The van der Waals surface area contributed by atoms with E-state index >= 15 is 0 Å². The molecular weight excluding hydrogens is 196 g/mol. The number of carbonyl (C=O) groups is 1. The lowest BCUT2D eigenvalue weighted by molar-refractivity contribution is -0.107. The Morgan fingerprint density at radius 2 is 1.44 bits per heavy atom. The standard InChI is InChI=1S/C15H26O/c1-2-3-4-5-6-7-8-9-10-11-12-13-14-15-16/h10-13,15H,2-9,14H2,1H3. The van der Waals surface area contributed by atoms with Crippen molar-refractivity contribution in [2.75, 3.05) is 0 Å². The summed E-state index contributed by atoms with van der Waals surface area (Å²) < 4.78 is 0. The van der Waals surface area contributed by atoms with Gasteiger partial charge in [0.25, 0.3) is 0 Å². The van der Waals surface area contributed by atoms with E-state index in [4.69, 9.17) is 0 Å². The van der Waals surface area contributed by atoms with Crippen LogP contribution in [0.25, 0.3) is 0 Å². The molecule has 0 aromatic rings. The van der Waals surface area contributed by atoms with E-state index in [0.717, 1.165) is 6.29 Å². The number of hydrogen-bond donors (Lipinski definition) is 0. The van der Waals surface area contributed by atoms with E-state index in [1.54, 1.807) is 0 Å². The number of allylic oxidation sites excluding steroid dienone is 4. The van der Waals surface area contributed by atoms with Crippen LogP contribution < -0.4 is 0 Å². The van der Waals surface area contributed by atoms with Crippen molar-refractivity contribution in [1.29, 1.82) is 0 Å². The summed E-state index contributed by atoms with van der Waals surface area (Å²) in [6.07, 6.45) is 20.2. The zero-order chi connectivity index (χ0) is 11.9. The Kier molecular flexibility index (Phi) is 13.4. The first kappa shape index (κ1) is 15.2. The van der Waals surface area contributed by atoms with Crippen LogP contribution in [0.2, 0.25) is 0 Å². The van der Waals surface area contributed by atoms with Crippen LogP contribution in [0, 0.1) is 0 Å². The van der Waals surface area contributed by atoms with Gasteiger partial charge in [-0.2, -0.15) is 0 Å². The molecule has 0 saturated carbocycles. The summed E-state index contributed by atoms with van der Waals surface area (Å²) in [7, 11) is 0. The van der Waals surface area contributed by atoms with Crippen LogP contribution in [-0.4, -0.2) is 6.29 Å². The van der Waals surface area contributed by atoms with Gasteiger partial charge < -0.3 is 4.79 Å². The summed E-state index contributed by atoms with van der Waals surface area (Å²) in [5, 5.41) is 0. The van der Waals surface area contributed by atoms with E-state index in [2.05, 4.69) is 13.0 Å². The number of hydrogen-bond acceptors (Lipinski definition) is 1. The van der Waals surface area contributed by atoms with Gasteiger partial charge in [0.2, 0.25) is 0 Å². The SMILES string of the molecule is CCCCCCCCCC=CC=CCC=O. The summed E-state index contributed by atoms with van der Waals surface area (Å²) in [5.74, 6) is 0. The summed E-state index contributed by atoms with van der Waals surface area (Å²) in [6.45, 7) is 2.25.